The molecule has 2 aromatic rings. The van der Waals surface area contributed by atoms with Crippen LogP contribution >= 0.6 is 0 Å². The average Bonchev–Trinajstić information content (AvgIpc) is 2.62. The van der Waals surface area contributed by atoms with Crippen molar-refractivity contribution in [3.63, 3.8) is 0 Å². The normalized spacial score (nSPS) is 15.0. The number of nitrogens with one attached hydrogen (secondary N) is 1. The van der Waals surface area contributed by atoms with Crippen LogP contribution in [0.25, 0.3) is 11.1 Å². The topological polar surface area (TPSA) is 70.3 Å². The Kier molecular flexibility index (Phi) is 4.28. The average molecular weight is 330 g/mol. The summed E-state index contributed by atoms with van der Waals surface area (Å²) in [7, 11) is 0. The van der Waals surface area contributed by atoms with Gasteiger partial charge in [-0.3, -0.25) is 9.59 Å². The predicted molar refractivity (Wildman–Crippen MR) is 97.6 cm³/mol. The van der Waals surface area contributed by atoms with Crippen LogP contribution in [0, 0.1) is 12.5 Å². The number of carbonyl (C=O) groups excluding carboxylic acids is 2. The Hall–Kier alpha value is -3.14. The molecule has 1 aliphatic rings. The second-order valence-corrected chi connectivity index (χ2v) is 6.18. The molecule has 25 heavy (non-hydrogen) atoms. The molecular formula is C21H18N2O2. The number of Topliss-reactive ketones (excluding diaryl/α,β-unsaturated/α-hetero) is 2. The van der Waals surface area contributed by atoms with Crippen molar-refractivity contribution < 1.29 is 9.59 Å². The Morgan fingerprint density at radius 3 is 1.48 bits per heavy atom. The molecule has 3 rings (SSSR count). The van der Waals surface area contributed by atoms with Gasteiger partial charge < -0.3 is 0 Å². The number of rotatable bonds is 3. The molecular weight excluding hydrogens is 312 g/mol. The van der Waals surface area contributed by atoms with Crippen LogP contribution in [0.15, 0.2) is 64.8 Å². The lowest BCUT2D eigenvalue weighted by atomic mass is 9.80. The number of hydrogen-bond donors (Lipinski definition) is 1. The Balaban J connectivity index is 2.10. The van der Waals surface area contributed by atoms with E-state index < -0.39 is 0 Å². The van der Waals surface area contributed by atoms with Gasteiger partial charge >= 0.3 is 0 Å². The first-order valence-electron chi connectivity index (χ1n) is 8.00. The number of benzene rings is 2. The Morgan fingerprint density at radius 1 is 0.680 bits per heavy atom. The van der Waals surface area contributed by atoms with Crippen LogP contribution < -0.4 is 0 Å². The largest absolute Gasteiger partial charge is 0.289 e. The van der Waals surface area contributed by atoms with E-state index in [1.165, 1.54) is 0 Å². The summed E-state index contributed by atoms with van der Waals surface area (Å²) in [5, 5.41) is 3.36. The fourth-order valence-corrected chi connectivity index (χ4v) is 3.06. The Labute approximate surface area is 146 Å². The van der Waals surface area contributed by atoms with Crippen LogP contribution in [0.3, 0.4) is 0 Å². The monoisotopic (exact) mass is 330 g/mol. The summed E-state index contributed by atoms with van der Waals surface area (Å²) in [4.78, 5) is 25.9. The first-order valence-corrected chi connectivity index (χ1v) is 8.00. The minimum absolute atomic E-state index is 0.120. The maximum Gasteiger partial charge on any atom is 0.190 e. The van der Waals surface area contributed by atoms with Crippen molar-refractivity contribution in [2.45, 2.75) is 20.8 Å². The number of hydrogen-bond acceptors (Lipinski definition) is 4. The lowest BCUT2D eigenvalue weighted by Crippen LogP contribution is -2.20. The fourth-order valence-electron chi connectivity index (χ4n) is 3.06. The number of ketones is 2. The van der Waals surface area contributed by atoms with Crippen LogP contribution in [0.5, 0.6) is 0 Å². The maximum absolute atomic E-state index is 13.0. The van der Waals surface area contributed by atoms with E-state index in [1.54, 1.807) is 38.1 Å². The van der Waals surface area contributed by atoms with Gasteiger partial charge in [0.05, 0.1) is 5.69 Å². The molecule has 0 fully saturated rings. The molecule has 0 saturated heterocycles. The minimum atomic E-state index is -0.136. The molecule has 0 heterocycles. The Bertz CT molecular complexity index is 946. The zero-order valence-corrected chi connectivity index (χ0v) is 14.4. The molecule has 0 unspecified atom stereocenters. The first-order chi connectivity index (χ1) is 11.9. The molecule has 0 radical (unpaired) electrons. The van der Waals surface area contributed by atoms with Gasteiger partial charge in [-0.05, 0) is 44.0 Å². The van der Waals surface area contributed by atoms with Crippen molar-refractivity contribution in [1.82, 2.24) is 0 Å². The quantitative estimate of drug-likeness (QED) is 0.631. The zero-order valence-electron chi connectivity index (χ0n) is 14.4. The molecule has 1 N–H and O–H groups in total. The van der Waals surface area contributed by atoms with Gasteiger partial charge in [-0.15, -0.1) is 0 Å². The summed E-state index contributed by atoms with van der Waals surface area (Å²) in [6.45, 7) is 5.38. The number of aryl methyl sites for hydroxylation is 1. The molecule has 0 bridgehead atoms. The van der Waals surface area contributed by atoms with Crippen LogP contribution in [0.2, 0.25) is 0 Å². The summed E-state index contributed by atoms with van der Waals surface area (Å²) in [5.74, 6) is -0.256. The van der Waals surface area contributed by atoms with Crippen LogP contribution in [-0.2, 0) is 9.59 Å². The molecule has 4 heteroatoms. The molecule has 0 aliphatic heterocycles. The van der Waals surface area contributed by atoms with Gasteiger partial charge in [-0.1, -0.05) is 42.0 Å². The van der Waals surface area contributed by atoms with E-state index in [0.717, 1.165) is 11.1 Å². The van der Waals surface area contributed by atoms with Crippen LogP contribution in [-0.4, -0.2) is 11.6 Å². The summed E-state index contributed by atoms with van der Waals surface area (Å²) in [6.07, 6.45) is 0. The minimum Gasteiger partial charge on any atom is -0.289 e. The van der Waals surface area contributed by atoms with Crippen molar-refractivity contribution in [2.24, 2.45) is 5.11 Å². The van der Waals surface area contributed by atoms with Crippen molar-refractivity contribution in [3.8, 4) is 0 Å². The van der Waals surface area contributed by atoms with E-state index in [2.05, 4.69) is 5.11 Å². The molecule has 0 aromatic heterocycles. The van der Waals surface area contributed by atoms with E-state index >= 15 is 0 Å². The summed E-state index contributed by atoms with van der Waals surface area (Å²) >= 11 is 0. The standard InChI is InChI=1S/C21H18N2O2/c1-12-4-6-15(7-5-12)18-13(2)21(25)19(14(3)20(18)24)16-8-10-17(23-22)11-9-16/h4-11,22H,1-3H3. The van der Waals surface area contributed by atoms with Gasteiger partial charge in [-0.2, -0.15) is 5.11 Å². The number of allylic oxidation sites excluding steroid dienone is 4. The van der Waals surface area contributed by atoms with E-state index in [9.17, 15) is 9.59 Å². The molecule has 4 nitrogen and oxygen atoms in total. The van der Waals surface area contributed by atoms with Gasteiger partial charge in [-0.25, -0.2) is 5.53 Å². The molecule has 0 spiro atoms. The van der Waals surface area contributed by atoms with Gasteiger partial charge in [0.2, 0.25) is 0 Å². The van der Waals surface area contributed by atoms with Gasteiger partial charge in [0.25, 0.3) is 0 Å². The summed E-state index contributed by atoms with van der Waals surface area (Å²) < 4.78 is 0. The fraction of sp³-hybridized carbons (Fsp3) is 0.143. The van der Waals surface area contributed by atoms with E-state index in [4.69, 9.17) is 5.53 Å². The second-order valence-electron chi connectivity index (χ2n) is 6.18. The van der Waals surface area contributed by atoms with Gasteiger partial charge in [0.15, 0.2) is 11.6 Å². The summed E-state index contributed by atoms with van der Waals surface area (Å²) in [6, 6.07) is 14.4. The lowest BCUT2D eigenvalue weighted by Gasteiger charge is -2.21. The molecule has 124 valence electrons. The predicted octanol–water partition coefficient (Wildman–Crippen LogP) is 5.06. The SMILES string of the molecule is CC1=C(c2ccc(C)cc2)C(=O)C(C)=C(c2ccc(N=N)cc2)C1=O. The maximum atomic E-state index is 13.0. The van der Waals surface area contributed by atoms with E-state index in [1.807, 2.05) is 31.2 Å². The van der Waals surface area contributed by atoms with Crippen LogP contribution in [0.4, 0.5) is 5.69 Å². The van der Waals surface area contributed by atoms with Gasteiger partial charge in [0, 0.05) is 22.3 Å². The summed E-state index contributed by atoms with van der Waals surface area (Å²) in [5.41, 5.74) is 11.9. The molecule has 2 aromatic carbocycles. The highest BCUT2D eigenvalue weighted by atomic mass is 16.1. The third kappa shape index (κ3) is 2.87. The molecule has 0 atom stereocenters. The van der Waals surface area contributed by atoms with Crippen molar-refractivity contribution in [2.75, 3.05) is 0 Å². The third-order valence-corrected chi connectivity index (χ3v) is 4.51. The van der Waals surface area contributed by atoms with Gasteiger partial charge in [0.1, 0.15) is 0 Å². The highest BCUT2D eigenvalue weighted by Gasteiger charge is 2.31. The molecule has 0 saturated carbocycles. The van der Waals surface area contributed by atoms with E-state index in [0.29, 0.717) is 33.5 Å². The first kappa shape index (κ1) is 16.7. The zero-order chi connectivity index (χ0) is 18.1. The van der Waals surface area contributed by atoms with E-state index in [-0.39, 0.29) is 11.6 Å². The van der Waals surface area contributed by atoms with Crippen molar-refractivity contribution in [1.29, 1.82) is 5.53 Å². The molecule has 1 aliphatic carbocycles. The smallest absolute Gasteiger partial charge is 0.190 e. The van der Waals surface area contributed by atoms with Crippen molar-refractivity contribution in [3.05, 3.63) is 76.4 Å². The second kappa shape index (κ2) is 6.40. The lowest BCUT2D eigenvalue weighted by molar-refractivity contribution is -0.113. The highest BCUT2D eigenvalue weighted by molar-refractivity contribution is 6.47. The van der Waals surface area contributed by atoms with Crippen LogP contribution in [0.1, 0.15) is 30.5 Å². The number of carbonyl (C=O) groups is 2. The highest BCUT2D eigenvalue weighted by Crippen LogP contribution is 2.36. The van der Waals surface area contributed by atoms with Crippen molar-refractivity contribution >= 4 is 28.4 Å². The number of nitrogens with zero attached hydrogens (tertiary/aromatic N) is 1. The third-order valence-electron chi connectivity index (χ3n) is 4.51. The molecule has 0 amide bonds. The Morgan fingerprint density at radius 2 is 1.08 bits per heavy atom.